The number of likely N-dealkylation sites (tertiary alicyclic amines) is 1. The standard InChI is InChI=1S/C22H32N4O2S2/c1-17-3-5-18(6-4-17)7-8-19-9-12-25(13-10-19)16-26-22(29)24(2)21(23-26)20-11-14-30(27,28)15-20/h3-6,19-20H,7-16H2,1-2H3/t20-/m0/s1. The van der Waals surface area contributed by atoms with Gasteiger partial charge in [0, 0.05) is 26.1 Å². The molecule has 0 saturated carbocycles. The fourth-order valence-electron chi connectivity index (χ4n) is 4.68. The Morgan fingerprint density at radius 1 is 1.13 bits per heavy atom. The van der Waals surface area contributed by atoms with E-state index in [0.717, 1.165) is 31.3 Å². The minimum atomic E-state index is -2.93. The molecule has 0 spiro atoms. The molecule has 30 heavy (non-hydrogen) atoms. The third kappa shape index (κ3) is 5.03. The third-order valence-corrected chi connectivity index (χ3v) is 8.93. The number of benzene rings is 1. The summed E-state index contributed by atoms with van der Waals surface area (Å²) in [5, 5.41) is 4.72. The molecule has 2 aliphatic rings. The zero-order chi connectivity index (χ0) is 21.3. The lowest BCUT2D eigenvalue weighted by Gasteiger charge is -2.31. The van der Waals surface area contributed by atoms with Gasteiger partial charge in [-0.3, -0.25) is 4.90 Å². The van der Waals surface area contributed by atoms with Gasteiger partial charge in [0.2, 0.25) is 0 Å². The number of sulfone groups is 1. The van der Waals surface area contributed by atoms with Gasteiger partial charge in [0.1, 0.15) is 5.82 Å². The first-order chi connectivity index (χ1) is 14.3. The van der Waals surface area contributed by atoms with Crippen LogP contribution in [0.15, 0.2) is 24.3 Å². The van der Waals surface area contributed by atoms with Gasteiger partial charge in [-0.2, -0.15) is 5.10 Å². The van der Waals surface area contributed by atoms with E-state index in [2.05, 4.69) is 36.1 Å². The van der Waals surface area contributed by atoms with Crippen LogP contribution in [0.2, 0.25) is 0 Å². The second-order valence-corrected chi connectivity index (χ2v) is 11.6. The third-order valence-electron chi connectivity index (χ3n) is 6.68. The highest BCUT2D eigenvalue weighted by Crippen LogP contribution is 2.28. The molecule has 2 saturated heterocycles. The van der Waals surface area contributed by atoms with Gasteiger partial charge in [0.15, 0.2) is 14.6 Å². The molecule has 4 rings (SSSR count). The van der Waals surface area contributed by atoms with Gasteiger partial charge in [-0.25, -0.2) is 13.1 Å². The lowest BCUT2D eigenvalue weighted by atomic mass is 9.90. The molecule has 0 aliphatic carbocycles. The SMILES string of the molecule is Cc1ccc(CCC2CCN(Cn3nc([C@H]4CCS(=O)(=O)C4)n(C)c3=S)CC2)cc1. The number of nitrogens with zero attached hydrogens (tertiary/aromatic N) is 4. The molecule has 2 aromatic rings. The predicted octanol–water partition coefficient (Wildman–Crippen LogP) is 3.46. The number of piperidine rings is 1. The summed E-state index contributed by atoms with van der Waals surface area (Å²) in [4.78, 5) is 2.42. The highest BCUT2D eigenvalue weighted by Gasteiger charge is 2.32. The molecule has 0 radical (unpaired) electrons. The van der Waals surface area contributed by atoms with Gasteiger partial charge in [0.05, 0.1) is 18.2 Å². The van der Waals surface area contributed by atoms with E-state index in [1.165, 1.54) is 30.4 Å². The lowest BCUT2D eigenvalue weighted by molar-refractivity contribution is 0.136. The molecule has 8 heteroatoms. The molecule has 0 N–H and O–H groups in total. The smallest absolute Gasteiger partial charge is 0.198 e. The highest BCUT2D eigenvalue weighted by molar-refractivity contribution is 7.91. The first-order valence-electron chi connectivity index (χ1n) is 10.9. The first kappa shape index (κ1) is 21.7. The van der Waals surface area contributed by atoms with E-state index >= 15 is 0 Å². The largest absolute Gasteiger partial charge is 0.307 e. The van der Waals surface area contributed by atoms with Crippen LogP contribution in [-0.4, -0.2) is 52.3 Å². The molecular weight excluding hydrogens is 416 g/mol. The molecule has 1 aromatic heterocycles. The molecule has 0 bridgehead atoms. The number of hydrogen-bond acceptors (Lipinski definition) is 5. The molecule has 164 valence electrons. The van der Waals surface area contributed by atoms with Crippen molar-refractivity contribution < 1.29 is 8.42 Å². The first-order valence-corrected chi connectivity index (χ1v) is 13.2. The molecule has 2 fully saturated rings. The number of rotatable bonds is 6. The second kappa shape index (κ2) is 8.93. The van der Waals surface area contributed by atoms with E-state index in [4.69, 9.17) is 17.3 Å². The molecule has 0 amide bonds. The van der Waals surface area contributed by atoms with Crippen LogP contribution in [0.1, 0.15) is 48.6 Å². The van der Waals surface area contributed by atoms with E-state index < -0.39 is 9.84 Å². The average Bonchev–Trinajstić information content (AvgIpc) is 3.22. The Morgan fingerprint density at radius 2 is 1.83 bits per heavy atom. The minimum absolute atomic E-state index is 0.0320. The van der Waals surface area contributed by atoms with E-state index in [9.17, 15) is 8.42 Å². The fourth-order valence-corrected chi connectivity index (χ4v) is 6.61. The van der Waals surface area contributed by atoms with Crippen molar-refractivity contribution in [2.24, 2.45) is 13.0 Å². The van der Waals surface area contributed by atoms with Crippen molar-refractivity contribution in [3.05, 3.63) is 46.0 Å². The van der Waals surface area contributed by atoms with Gasteiger partial charge in [-0.05, 0) is 62.7 Å². The monoisotopic (exact) mass is 448 g/mol. The van der Waals surface area contributed by atoms with Crippen LogP contribution < -0.4 is 0 Å². The van der Waals surface area contributed by atoms with Gasteiger partial charge < -0.3 is 4.57 Å². The van der Waals surface area contributed by atoms with Gasteiger partial charge in [-0.15, -0.1) is 0 Å². The Labute approximate surface area is 184 Å². The van der Waals surface area contributed by atoms with E-state index in [-0.39, 0.29) is 17.4 Å². The van der Waals surface area contributed by atoms with Crippen molar-refractivity contribution in [1.82, 2.24) is 19.2 Å². The van der Waals surface area contributed by atoms with Gasteiger partial charge in [-0.1, -0.05) is 29.8 Å². The number of aryl methyl sites for hydroxylation is 2. The molecule has 0 unspecified atom stereocenters. The van der Waals surface area contributed by atoms with Crippen LogP contribution >= 0.6 is 12.2 Å². The zero-order valence-corrected chi connectivity index (χ0v) is 19.6. The Hall–Kier alpha value is -1.51. The second-order valence-electron chi connectivity index (χ2n) is 9.03. The van der Waals surface area contributed by atoms with Crippen molar-refractivity contribution in [3.63, 3.8) is 0 Å². The fraction of sp³-hybridized carbons (Fsp3) is 0.636. The summed E-state index contributed by atoms with van der Waals surface area (Å²) in [6, 6.07) is 8.90. The highest BCUT2D eigenvalue weighted by atomic mass is 32.2. The Morgan fingerprint density at radius 3 is 2.47 bits per heavy atom. The van der Waals surface area contributed by atoms with E-state index in [0.29, 0.717) is 17.9 Å². The van der Waals surface area contributed by atoms with E-state index in [1.54, 1.807) is 0 Å². The van der Waals surface area contributed by atoms with E-state index in [1.807, 2.05) is 16.3 Å². The summed E-state index contributed by atoms with van der Waals surface area (Å²) in [6.07, 6.45) is 5.47. The Bertz CT molecular complexity index is 1030. The van der Waals surface area contributed by atoms with Crippen LogP contribution in [0.25, 0.3) is 0 Å². The predicted molar refractivity (Wildman–Crippen MR) is 122 cm³/mol. The molecule has 1 aromatic carbocycles. The molecule has 1 atom stereocenters. The normalized spacial score (nSPS) is 22.5. The van der Waals surface area contributed by atoms with Crippen molar-refractivity contribution in [3.8, 4) is 0 Å². The van der Waals surface area contributed by atoms with Crippen molar-refractivity contribution in [2.45, 2.75) is 51.6 Å². The molecular formula is C22H32N4O2S2. The van der Waals surface area contributed by atoms with Crippen LogP contribution in [0.3, 0.4) is 0 Å². The molecule has 6 nitrogen and oxygen atoms in total. The summed E-state index contributed by atoms with van der Waals surface area (Å²) in [6.45, 7) is 4.94. The van der Waals surface area contributed by atoms with Crippen LogP contribution in [0.4, 0.5) is 0 Å². The number of aromatic nitrogens is 3. The quantitative estimate of drug-likeness (QED) is 0.634. The minimum Gasteiger partial charge on any atom is -0.307 e. The van der Waals surface area contributed by atoms with Crippen molar-refractivity contribution in [2.75, 3.05) is 24.6 Å². The van der Waals surface area contributed by atoms with Crippen molar-refractivity contribution >= 4 is 22.1 Å². The topological polar surface area (TPSA) is 60.1 Å². The molecule has 2 aliphatic heterocycles. The van der Waals surface area contributed by atoms with Crippen LogP contribution in [0.5, 0.6) is 0 Å². The maximum atomic E-state index is 11.8. The van der Waals surface area contributed by atoms with Crippen molar-refractivity contribution in [1.29, 1.82) is 0 Å². The van der Waals surface area contributed by atoms with Gasteiger partial charge in [0.25, 0.3) is 0 Å². The summed E-state index contributed by atoms with van der Waals surface area (Å²) < 4.78 is 28.1. The van der Waals surface area contributed by atoms with Crippen LogP contribution in [-0.2, 0) is 30.0 Å². The Kier molecular flexibility index (Phi) is 6.46. The maximum absolute atomic E-state index is 11.8. The summed E-state index contributed by atoms with van der Waals surface area (Å²) in [7, 11) is -1.03. The summed E-state index contributed by atoms with van der Waals surface area (Å²) >= 11 is 5.59. The van der Waals surface area contributed by atoms with Gasteiger partial charge >= 0.3 is 0 Å². The maximum Gasteiger partial charge on any atom is 0.198 e. The number of hydrogen-bond donors (Lipinski definition) is 0. The summed E-state index contributed by atoms with van der Waals surface area (Å²) in [5.74, 6) is 2.01. The summed E-state index contributed by atoms with van der Waals surface area (Å²) in [5.41, 5.74) is 2.75. The lowest BCUT2D eigenvalue weighted by Crippen LogP contribution is -2.35. The molecule has 3 heterocycles. The average molecular weight is 449 g/mol. The zero-order valence-electron chi connectivity index (χ0n) is 18.0. The Balaban J connectivity index is 1.30. The van der Waals surface area contributed by atoms with Crippen LogP contribution in [0, 0.1) is 17.6 Å².